The molecule has 0 heterocycles. The van der Waals surface area contributed by atoms with Crippen LogP contribution in [0.3, 0.4) is 0 Å². The maximum absolute atomic E-state index is 2.88. The summed E-state index contributed by atoms with van der Waals surface area (Å²) in [6.07, 6.45) is 6.81. The number of fused-ring (bicyclic) bond motifs is 1. The minimum Gasteiger partial charge on any atom is -0.133 e. The van der Waals surface area contributed by atoms with Gasteiger partial charge in [0.15, 0.2) is 0 Å². The van der Waals surface area contributed by atoms with Crippen LogP contribution in [0.15, 0.2) is 54.6 Å². The molecule has 3 aromatic rings. The minimum atomic E-state index is 0.986. The Morgan fingerprint density at radius 1 is 0.593 bits per heavy atom. The van der Waals surface area contributed by atoms with Crippen LogP contribution < -0.4 is 0 Å². The topological polar surface area (TPSA) is 0 Å². The van der Waals surface area contributed by atoms with Gasteiger partial charge in [-0.15, -0.1) is 27.7 Å². The van der Waals surface area contributed by atoms with E-state index in [4.69, 9.17) is 0 Å². The molecule has 0 aromatic heterocycles. The third-order valence-corrected chi connectivity index (χ3v) is 7.08. The number of benzene rings is 3. The van der Waals surface area contributed by atoms with Gasteiger partial charge < -0.3 is 0 Å². The van der Waals surface area contributed by atoms with Crippen molar-refractivity contribution >= 4 is 27.7 Å². The van der Waals surface area contributed by atoms with Crippen LogP contribution in [0.25, 0.3) is 22.3 Å². The summed E-state index contributed by atoms with van der Waals surface area (Å²) in [5, 5.41) is 0. The van der Waals surface area contributed by atoms with Gasteiger partial charge in [0.1, 0.15) is 0 Å². The molecule has 0 nitrogen and oxygen atoms in total. The summed E-state index contributed by atoms with van der Waals surface area (Å²) in [6, 6.07) is 20.7. The lowest BCUT2D eigenvalue weighted by Gasteiger charge is -2.14. The molecule has 0 saturated heterocycles. The first kappa shape index (κ1) is 19.3. The van der Waals surface area contributed by atoms with Gasteiger partial charge in [-0.3, -0.25) is 0 Å². The van der Waals surface area contributed by atoms with Crippen LogP contribution in [-0.4, -0.2) is 0 Å². The highest BCUT2D eigenvalue weighted by Gasteiger charge is 2.18. The third-order valence-electron chi connectivity index (χ3n) is 5.73. The van der Waals surface area contributed by atoms with Gasteiger partial charge in [-0.05, 0) is 87.8 Å². The van der Waals surface area contributed by atoms with Crippen molar-refractivity contribution in [3.8, 4) is 22.3 Å². The highest BCUT2D eigenvalue weighted by molar-refractivity contribution is 7.15. The number of hydrogen-bond donors (Lipinski definition) is 0. The maximum atomic E-state index is 2.88. The Labute approximate surface area is 170 Å². The van der Waals surface area contributed by atoms with Gasteiger partial charge in [0, 0.05) is 0 Å². The maximum Gasteiger partial charge on any atom is -0.0122 e. The number of rotatable bonds is 5. The van der Waals surface area contributed by atoms with Crippen molar-refractivity contribution in [3.05, 3.63) is 82.4 Å². The van der Waals surface area contributed by atoms with Crippen molar-refractivity contribution in [2.45, 2.75) is 37.7 Å². The summed E-state index contributed by atoms with van der Waals surface area (Å²) in [5.41, 5.74) is 12.9. The average Bonchev–Trinajstić information content (AvgIpc) is 3.22. The van der Waals surface area contributed by atoms with Crippen LogP contribution in [0.5, 0.6) is 0 Å². The molecule has 0 spiro atoms. The van der Waals surface area contributed by atoms with Crippen molar-refractivity contribution in [1.29, 1.82) is 0 Å². The highest BCUT2D eigenvalue weighted by Crippen LogP contribution is 2.36. The van der Waals surface area contributed by atoms with Crippen LogP contribution in [0, 0.1) is 0 Å². The molecule has 4 rings (SSSR count). The Kier molecular flexibility index (Phi) is 6.09. The molecule has 0 N–H and O–H groups in total. The molecule has 0 radical (unpaired) electrons. The molecule has 3 heteroatoms. The van der Waals surface area contributed by atoms with Gasteiger partial charge in [0.25, 0.3) is 0 Å². The van der Waals surface area contributed by atoms with Gasteiger partial charge in [0.2, 0.25) is 0 Å². The fourth-order valence-electron chi connectivity index (χ4n) is 4.30. The summed E-state index contributed by atoms with van der Waals surface area (Å²) >= 11 is 0. The van der Waals surface area contributed by atoms with Gasteiger partial charge in [-0.25, -0.2) is 0 Å². The molecular formula is C24H27P3. The Balaban J connectivity index is 1.71. The van der Waals surface area contributed by atoms with E-state index in [0.29, 0.717) is 0 Å². The first-order valence-corrected chi connectivity index (χ1v) is 12.2. The normalized spacial score (nSPS) is 13.0. The predicted molar refractivity (Wildman–Crippen MR) is 130 cm³/mol. The molecule has 3 aromatic carbocycles. The Morgan fingerprint density at radius 2 is 1.22 bits per heavy atom. The fraction of sp³-hybridized carbons (Fsp3) is 0.250. The van der Waals surface area contributed by atoms with Crippen LogP contribution in [0.1, 0.15) is 34.2 Å². The molecule has 1 aliphatic carbocycles. The highest BCUT2D eigenvalue weighted by atomic mass is 31.0. The molecule has 3 atom stereocenters. The van der Waals surface area contributed by atoms with E-state index in [2.05, 4.69) is 82.3 Å². The molecule has 0 fully saturated rings. The molecule has 0 bridgehead atoms. The quantitative estimate of drug-likeness (QED) is 0.416. The molecule has 3 unspecified atom stereocenters. The summed E-state index contributed by atoms with van der Waals surface area (Å²) in [6.45, 7) is 0. The van der Waals surface area contributed by atoms with E-state index in [-0.39, 0.29) is 0 Å². The largest absolute Gasteiger partial charge is 0.133 e. The van der Waals surface area contributed by atoms with Gasteiger partial charge in [-0.2, -0.15) is 0 Å². The molecule has 1 aliphatic rings. The molecule has 0 amide bonds. The van der Waals surface area contributed by atoms with Crippen LogP contribution in [0.4, 0.5) is 0 Å². The van der Waals surface area contributed by atoms with Crippen LogP contribution in [-0.2, 0) is 31.3 Å². The van der Waals surface area contributed by atoms with Gasteiger partial charge >= 0.3 is 0 Å². The van der Waals surface area contributed by atoms with Crippen LogP contribution >= 0.6 is 27.7 Å². The first-order valence-electron chi connectivity index (χ1n) is 9.71. The van der Waals surface area contributed by atoms with Crippen LogP contribution in [0.2, 0.25) is 0 Å². The standard InChI is InChI=1S/C24H27P3/c25-13-16-4-10-21(20(12-16)15-27)17-5-7-18(8-6-17)23-11-9-19(14-26)22-2-1-3-24(22)23/h4-12H,1-3,13-15,25-27H2. The smallest absolute Gasteiger partial charge is 0.0122 e. The summed E-state index contributed by atoms with van der Waals surface area (Å²) in [4.78, 5) is 0. The van der Waals surface area contributed by atoms with E-state index in [1.807, 2.05) is 0 Å². The van der Waals surface area contributed by atoms with Crippen molar-refractivity contribution in [3.63, 3.8) is 0 Å². The summed E-state index contributed by atoms with van der Waals surface area (Å²) in [7, 11) is 8.58. The predicted octanol–water partition coefficient (Wildman–Crippen LogP) is 6.63. The zero-order valence-electron chi connectivity index (χ0n) is 15.7. The SMILES string of the molecule is PCc1ccc(-c2ccc(-c3ccc(CP)c4c3CCC4)cc2)c(CP)c1. The van der Waals surface area contributed by atoms with E-state index in [0.717, 1.165) is 18.5 Å². The van der Waals surface area contributed by atoms with Crippen molar-refractivity contribution < 1.29 is 0 Å². The fourth-order valence-corrected chi connectivity index (χ4v) is 5.27. The Bertz CT molecular complexity index is 958. The van der Waals surface area contributed by atoms with Gasteiger partial charge in [-0.1, -0.05) is 54.6 Å². The van der Waals surface area contributed by atoms with E-state index >= 15 is 0 Å². The first-order chi connectivity index (χ1) is 13.2. The Morgan fingerprint density at radius 3 is 1.89 bits per heavy atom. The van der Waals surface area contributed by atoms with E-state index in [9.17, 15) is 0 Å². The second-order valence-corrected chi connectivity index (χ2v) is 8.49. The van der Waals surface area contributed by atoms with Crippen molar-refractivity contribution in [1.82, 2.24) is 0 Å². The molecular weight excluding hydrogens is 381 g/mol. The number of hydrogen-bond acceptors (Lipinski definition) is 0. The zero-order chi connectivity index (χ0) is 18.8. The summed E-state index contributed by atoms with van der Waals surface area (Å²) in [5.74, 6) is 0. The van der Waals surface area contributed by atoms with E-state index < -0.39 is 0 Å². The average molecular weight is 408 g/mol. The minimum absolute atomic E-state index is 0.986. The second kappa shape index (κ2) is 8.53. The zero-order valence-corrected chi connectivity index (χ0v) is 19.1. The molecule has 0 aliphatic heterocycles. The molecule has 27 heavy (non-hydrogen) atoms. The van der Waals surface area contributed by atoms with E-state index in [1.165, 1.54) is 58.2 Å². The lowest BCUT2D eigenvalue weighted by atomic mass is 9.92. The lowest BCUT2D eigenvalue weighted by molar-refractivity contribution is 0.909. The lowest BCUT2D eigenvalue weighted by Crippen LogP contribution is -1.94. The third kappa shape index (κ3) is 3.78. The van der Waals surface area contributed by atoms with E-state index in [1.54, 1.807) is 11.1 Å². The molecule has 0 saturated carbocycles. The summed E-state index contributed by atoms with van der Waals surface area (Å²) < 4.78 is 0. The van der Waals surface area contributed by atoms with Crippen molar-refractivity contribution in [2.24, 2.45) is 0 Å². The van der Waals surface area contributed by atoms with Gasteiger partial charge in [0.05, 0.1) is 0 Å². The molecule has 138 valence electrons. The second-order valence-electron chi connectivity index (χ2n) is 7.26. The van der Waals surface area contributed by atoms with Crippen molar-refractivity contribution in [2.75, 3.05) is 0 Å². The monoisotopic (exact) mass is 408 g/mol. The Hall–Kier alpha value is -1.05.